The predicted molar refractivity (Wildman–Crippen MR) is 112 cm³/mol. The van der Waals surface area contributed by atoms with E-state index in [0.29, 0.717) is 5.69 Å². The van der Waals surface area contributed by atoms with Gasteiger partial charge in [-0.2, -0.15) is 0 Å². The van der Waals surface area contributed by atoms with Crippen LogP contribution in [0.1, 0.15) is 42.7 Å². The second-order valence-electron chi connectivity index (χ2n) is 7.30. The fourth-order valence-electron chi connectivity index (χ4n) is 3.63. The van der Waals surface area contributed by atoms with Gasteiger partial charge in [0.15, 0.2) is 0 Å². The summed E-state index contributed by atoms with van der Waals surface area (Å²) in [5, 5.41) is 0. The van der Waals surface area contributed by atoms with E-state index in [1.807, 2.05) is 11.0 Å². The molecule has 28 heavy (non-hydrogen) atoms. The quantitative estimate of drug-likeness (QED) is 0.703. The highest BCUT2D eigenvalue weighted by atomic mass is 16.2. The molecule has 2 aromatic rings. The van der Waals surface area contributed by atoms with Crippen LogP contribution in [-0.4, -0.2) is 64.9 Å². The van der Waals surface area contributed by atoms with E-state index in [1.165, 1.54) is 11.9 Å². The van der Waals surface area contributed by atoms with Crippen LogP contribution in [0.3, 0.4) is 0 Å². The average molecular weight is 382 g/mol. The normalized spacial score (nSPS) is 14.9. The molecule has 0 radical (unpaired) electrons. The zero-order valence-electron chi connectivity index (χ0n) is 17.0. The Hall–Kier alpha value is -2.47. The molecule has 1 amide bonds. The number of benzene rings is 1. The summed E-state index contributed by atoms with van der Waals surface area (Å²) in [6.07, 6.45) is 3.43. The lowest BCUT2D eigenvalue weighted by Gasteiger charge is -2.35. The summed E-state index contributed by atoms with van der Waals surface area (Å²) < 4.78 is 0. The van der Waals surface area contributed by atoms with Crippen molar-refractivity contribution in [1.29, 1.82) is 0 Å². The lowest BCUT2D eigenvalue weighted by Crippen LogP contribution is -2.46. The first kappa shape index (κ1) is 20.3. The standard InChI is InChI=1S/C22H31N5O/c1-3-10-27(11-4-2)22(28)20-16-21(24-18-23-20)26-14-12-25(13-15-26)17-19-8-6-5-7-9-19/h5-9,16,18H,3-4,10-15,17H2,1-2H3. The van der Waals surface area contributed by atoms with Crippen LogP contribution in [0, 0.1) is 0 Å². The van der Waals surface area contributed by atoms with Crippen molar-refractivity contribution in [3.8, 4) is 0 Å². The summed E-state index contributed by atoms with van der Waals surface area (Å²) in [5.74, 6) is 0.862. The van der Waals surface area contributed by atoms with Crippen LogP contribution in [-0.2, 0) is 6.54 Å². The second-order valence-corrected chi connectivity index (χ2v) is 7.30. The molecule has 150 valence electrons. The molecule has 1 aliphatic heterocycles. The Morgan fingerprint density at radius 1 is 1.00 bits per heavy atom. The predicted octanol–water partition coefficient (Wildman–Crippen LogP) is 3.06. The topological polar surface area (TPSA) is 52.6 Å². The number of hydrogen-bond donors (Lipinski definition) is 0. The molecule has 3 rings (SSSR count). The van der Waals surface area contributed by atoms with E-state index < -0.39 is 0 Å². The summed E-state index contributed by atoms with van der Waals surface area (Å²) >= 11 is 0. The van der Waals surface area contributed by atoms with Gasteiger partial charge >= 0.3 is 0 Å². The monoisotopic (exact) mass is 381 g/mol. The zero-order chi connectivity index (χ0) is 19.8. The highest BCUT2D eigenvalue weighted by Crippen LogP contribution is 2.16. The summed E-state index contributed by atoms with van der Waals surface area (Å²) in [7, 11) is 0. The van der Waals surface area contributed by atoms with E-state index in [2.05, 4.69) is 63.9 Å². The van der Waals surface area contributed by atoms with Gasteiger partial charge in [0.05, 0.1) is 0 Å². The summed E-state index contributed by atoms with van der Waals surface area (Å²) in [6.45, 7) is 10.5. The van der Waals surface area contributed by atoms with Crippen LogP contribution < -0.4 is 4.90 Å². The minimum atomic E-state index is 0.00932. The summed E-state index contributed by atoms with van der Waals surface area (Å²) in [6, 6.07) is 12.4. The largest absolute Gasteiger partial charge is 0.354 e. The minimum absolute atomic E-state index is 0.00932. The maximum absolute atomic E-state index is 12.8. The minimum Gasteiger partial charge on any atom is -0.354 e. The molecule has 0 spiro atoms. The number of anilines is 1. The van der Waals surface area contributed by atoms with Gasteiger partial charge in [0.25, 0.3) is 5.91 Å². The smallest absolute Gasteiger partial charge is 0.272 e. The van der Waals surface area contributed by atoms with Crippen molar-refractivity contribution in [3.05, 3.63) is 54.0 Å². The third kappa shape index (κ3) is 5.29. The van der Waals surface area contributed by atoms with E-state index in [-0.39, 0.29) is 5.91 Å². The van der Waals surface area contributed by atoms with Crippen molar-refractivity contribution < 1.29 is 4.79 Å². The van der Waals surface area contributed by atoms with Crippen molar-refractivity contribution in [1.82, 2.24) is 19.8 Å². The van der Waals surface area contributed by atoms with E-state index in [4.69, 9.17) is 0 Å². The molecular weight excluding hydrogens is 350 g/mol. The maximum Gasteiger partial charge on any atom is 0.272 e. The fraction of sp³-hybridized carbons (Fsp3) is 0.500. The van der Waals surface area contributed by atoms with Crippen LogP contribution in [0.25, 0.3) is 0 Å². The van der Waals surface area contributed by atoms with E-state index in [0.717, 1.165) is 64.5 Å². The summed E-state index contributed by atoms with van der Waals surface area (Å²) in [5.41, 5.74) is 1.84. The molecule has 1 aliphatic rings. The first-order chi connectivity index (χ1) is 13.7. The van der Waals surface area contributed by atoms with Gasteiger partial charge in [-0.3, -0.25) is 9.69 Å². The first-order valence-corrected chi connectivity index (χ1v) is 10.3. The van der Waals surface area contributed by atoms with Gasteiger partial charge in [0.2, 0.25) is 0 Å². The van der Waals surface area contributed by atoms with E-state index in [9.17, 15) is 4.79 Å². The van der Waals surface area contributed by atoms with Gasteiger partial charge in [0.1, 0.15) is 17.8 Å². The molecule has 1 fully saturated rings. The fourth-order valence-corrected chi connectivity index (χ4v) is 3.63. The van der Waals surface area contributed by atoms with Gasteiger partial charge in [-0.15, -0.1) is 0 Å². The van der Waals surface area contributed by atoms with Gasteiger partial charge in [-0.25, -0.2) is 9.97 Å². The zero-order valence-corrected chi connectivity index (χ0v) is 17.0. The van der Waals surface area contributed by atoms with Crippen molar-refractivity contribution in [3.63, 3.8) is 0 Å². The lowest BCUT2D eigenvalue weighted by atomic mass is 10.2. The Morgan fingerprint density at radius 2 is 1.68 bits per heavy atom. The highest BCUT2D eigenvalue weighted by molar-refractivity contribution is 5.92. The average Bonchev–Trinajstić information content (AvgIpc) is 2.74. The SMILES string of the molecule is CCCN(CCC)C(=O)c1cc(N2CCN(Cc3ccccc3)CC2)ncn1. The molecular formula is C22H31N5O. The molecule has 0 atom stereocenters. The Balaban J connectivity index is 1.60. The second kappa shape index (κ2) is 10.2. The van der Waals surface area contributed by atoms with E-state index in [1.54, 1.807) is 0 Å². The Bertz CT molecular complexity index is 738. The van der Waals surface area contributed by atoms with Crippen LogP contribution in [0.15, 0.2) is 42.7 Å². The van der Waals surface area contributed by atoms with Crippen molar-refractivity contribution in [2.24, 2.45) is 0 Å². The molecule has 1 aromatic heterocycles. The van der Waals surface area contributed by atoms with Crippen LogP contribution in [0.4, 0.5) is 5.82 Å². The molecule has 0 aliphatic carbocycles. The molecule has 1 aromatic carbocycles. The summed E-state index contributed by atoms with van der Waals surface area (Å²) in [4.78, 5) is 28.1. The number of amides is 1. The highest BCUT2D eigenvalue weighted by Gasteiger charge is 2.21. The van der Waals surface area contributed by atoms with Crippen LogP contribution in [0.2, 0.25) is 0 Å². The molecule has 6 nitrogen and oxygen atoms in total. The number of hydrogen-bond acceptors (Lipinski definition) is 5. The number of carbonyl (C=O) groups excluding carboxylic acids is 1. The number of aromatic nitrogens is 2. The Morgan fingerprint density at radius 3 is 2.32 bits per heavy atom. The first-order valence-electron chi connectivity index (χ1n) is 10.3. The van der Waals surface area contributed by atoms with Gasteiger partial charge in [0, 0.05) is 51.9 Å². The molecule has 1 saturated heterocycles. The third-order valence-electron chi connectivity index (χ3n) is 5.09. The third-order valence-corrected chi connectivity index (χ3v) is 5.09. The van der Waals surface area contributed by atoms with E-state index >= 15 is 0 Å². The van der Waals surface area contributed by atoms with Gasteiger partial charge in [-0.1, -0.05) is 44.2 Å². The molecule has 0 N–H and O–H groups in total. The van der Waals surface area contributed by atoms with Gasteiger partial charge < -0.3 is 9.80 Å². The lowest BCUT2D eigenvalue weighted by molar-refractivity contribution is 0.0749. The number of nitrogens with zero attached hydrogens (tertiary/aromatic N) is 5. The van der Waals surface area contributed by atoms with Gasteiger partial charge in [-0.05, 0) is 18.4 Å². The van der Waals surface area contributed by atoms with Crippen molar-refractivity contribution >= 4 is 11.7 Å². The molecule has 0 unspecified atom stereocenters. The Labute approximate surface area is 168 Å². The number of carbonyl (C=O) groups is 1. The number of rotatable bonds is 8. The molecule has 6 heteroatoms. The number of piperazine rings is 1. The van der Waals surface area contributed by atoms with Crippen LogP contribution in [0.5, 0.6) is 0 Å². The van der Waals surface area contributed by atoms with Crippen LogP contribution >= 0.6 is 0 Å². The molecule has 2 heterocycles. The Kier molecular flexibility index (Phi) is 7.37. The maximum atomic E-state index is 12.8. The van der Waals surface area contributed by atoms with Crippen molar-refractivity contribution in [2.45, 2.75) is 33.2 Å². The molecule has 0 saturated carbocycles. The molecule has 0 bridgehead atoms. The van der Waals surface area contributed by atoms with Crippen molar-refractivity contribution in [2.75, 3.05) is 44.2 Å².